The first kappa shape index (κ1) is 17.9. The monoisotopic (exact) mass is 359 g/mol. The first-order chi connectivity index (χ1) is 12.3. The van der Waals surface area contributed by atoms with E-state index in [1.54, 1.807) is 19.1 Å². The third-order valence-corrected chi connectivity index (χ3v) is 4.50. The van der Waals surface area contributed by atoms with E-state index in [-0.39, 0.29) is 11.9 Å². The summed E-state index contributed by atoms with van der Waals surface area (Å²) in [6, 6.07) is 6.71. The maximum Gasteiger partial charge on any atom is 0.326 e. The van der Waals surface area contributed by atoms with E-state index >= 15 is 0 Å². The molecule has 1 saturated carbocycles. The molecule has 3 rings (SSSR count). The lowest BCUT2D eigenvalue weighted by molar-refractivity contribution is -0.151. The summed E-state index contributed by atoms with van der Waals surface area (Å²) in [5, 5.41) is 5.30. The number of esters is 1. The summed E-state index contributed by atoms with van der Waals surface area (Å²) in [4.78, 5) is 49.1. The molecule has 1 aliphatic carbocycles. The number of amides is 4. The first-order valence-electron chi connectivity index (χ1n) is 8.46. The second-order valence-electron chi connectivity index (χ2n) is 6.81. The van der Waals surface area contributed by atoms with Crippen molar-refractivity contribution < 1.29 is 23.9 Å². The predicted octanol–water partition coefficient (Wildman–Crippen LogP) is 0.584. The van der Waals surface area contributed by atoms with Crippen molar-refractivity contribution in [2.24, 2.45) is 0 Å². The molecule has 2 aliphatic rings. The predicted molar refractivity (Wildman–Crippen MR) is 90.9 cm³/mol. The number of urea groups is 1. The summed E-state index contributed by atoms with van der Waals surface area (Å²) in [6.45, 7) is 2.55. The maximum absolute atomic E-state index is 12.7. The highest BCUT2D eigenvalue weighted by atomic mass is 16.5. The van der Waals surface area contributed by atoms with Crippen molar-refractivity contribution in [2.45, 2.75) is 38.3 Å². The number of rotatable bonds is 6. The summed E-state index contributed by atoms with van der Waals surface area (Å²) < 4.78 is 4.86. The summed E-state index contributed by atoms with van der Waals surface area (Å²) in [5.74, 6) is -1.74. The fraction of sp³-hybridized carbons (Fsp3) is 0.444. The van der Waals surface area contributed by atoms with Crippen LogP contribution in [0, 0.1) is 6.92 Å². The van der Waals surface area contributed by atoms with E-state index in [9.17, 15) is 19.2 Å². The molecule has 1 heterocycles. The molecule has 138 valence electrons. The summed E-state index contributed by atoms with van der Waals surface area (Å²) in [7, 11) is 0. The Balaban J connectivity index is 1.60. The second kappa shape index (κ2) is 6.78. The smallest absolute Gasteiger partial charge is 0.326 e. The number of hydrogen-bond donors (Lipinski definition) is 2. The second-order valence-corrected chi connectivity index (χ2v) is 6.81. The molecule has 2 N–H and O–H groups in total. The van der Waals surface area contributed by atoms with Crippen molar-refractivity contribution in [1.29, 1.82) is 0 Å². The van der Waals surface area contributed by atoms with Gasteiger partial charge in [0.25, 0.3) is 11.8 Å². The van der Waals surface area contributed by atoms with Gasteiger partial charge in [-0.05, 0) is 32.3 Å². The third-order valence-electron chi connectivity index (χ3n) is 4.50. The largest absolute Gasteiger partial charge is 0.454 e. The van der Waals surface area contributed by atoms with Crippen LogP contribution in [0.3, 0.4) is 0 Å². The summed E-state index contributed by atoms with van der Waals surface area (Å²) in [5.41, 5.74) is 0.411. The molecule has 8 heteroatoms. The lowest BCUT2D eigenvalue weighted by Crippen LogP contribution is -2.42. The van der Waals surface area contributed by atoms with Crippen LogP contribution in [0.4, 0.5) is 4.79 Å². The van der Waals surface area contributed by atoms with Crippen molar-refractivity contribution in [2.75, 3.05) is 13.2 Å². The van der Waals surface area contributed by atoms with E-state index in [1.165, 1.54) is 0 Å². The van der Waals surface area contributed by atoms with Gasteiger partial charge in [-0.15, -0.1) is 0 Å². The number of nitrogens with zero attached hydrogens (tertiary/aromatic N) is 1. The number of nitrogens with one attached hydrogen (secondary N) is 2. The zero-order valence-corrected chi connectivity index (χ0v) is 14.7. The number of ether oxygens (including phenoxy) is 1. The minimum Gasteiger partial charge on any atom is -0.454 e. The van der Waals surface area contributed by atoms with Gasteiger partial charge in [-0.2, -0.15) is 0 Å². The van der Waals surface area contributed by atoms with Gasteiger partial charge in [0.1, 0.15) is 12.1 Å². The molecule has 8 nitrogen and oxygen atoms in total. The molecule has 0 unspecified atom stereocenters. The third kappa shape index (κ3) is 3.68. The van der Waals surface area contributed by atoms with Gasteiger partial charge in [-0.1, -0.05) is 29.8 Å². The van der Waals surface area contributed by atoms with Crippen molar-refractivity contribution in [3.63, 3.8) is 0 Å². The van der Waals surface area contributed by atoms with Crippen LogP contribution in [-0.4, -0.2) is 47.9 Å². The van der Waals surface area contributed by atoms with E-state index < -0.39 is 36.6 Å². The Kier molecular flexibility index (Phi) is 4.67. The molecule has 0 bridgehead atoms. The molecule has 4 amide bonds. The Morgan fingerprint density at radius 2 is 1.92 bits per heavy atom. The Morgan fingerprint density at radius 1 is 1.27 bits per heavy atom. The van der Waals surface area contributed by atoms with Gasteiger partial charge in [0.2, 0.25) is 0 Å². The molecule has 1 aromatic rings. The number of carbonyl (C=O) groups is 4. The minimum absolute atomic E-state index is 0.169. The molecule has 1 atom stereocenters. The Bertz CT molecular complexity index is 757. The van der Waals surface area contributed by atoms with Crippen LogP contribution in [0.1, 0.15) is 30.9 Å². The van der Waals surface area contributed by atoms with E-state index in [1.807, 2.05) is 19.1 Å². The first-order valence-corrected chi connectivity index (χ1v) is 8.46. The van der Waals surface area contributed by atoms with Gasteiger partial charge in [0.15, 0.2) is 6.61 Å². The molecule has 0 spiro atoms. The lowest BCUT2D eigenvalue weighted by Gasteiger charge is -2.22. The van der Waals surface area contributed by atoms with Gasteiger partial charge >= 0.3 is 12.0 Å². The Hall–Kier alpha value is -2.90. The summed E-state index contributed by atoms with van der Waals surface area (Å²) >= 11 is 0. The quantitative estimate of drug-likeness (QED) is 0.571. The SMILES string of the molecule is Cc1ccc([C@@]2(C)NC(=O)N(CC(=O)OCC(=O)NC3CC3)C2=O)cc1. The van der Waals surface area contributed by atoms with E-state index in [0.29, 0.717) is 5.56 Å². The highest BCUT2D eigenvalue weighted by Gasteiger charge is 2.49. The van der Waals surface area contributed by atoms with Crippen molar-refractivity contribution in [1.82, 2.24) is 15.5 Å². The molecule has 1 aromatic carbocycles. The number of aryl methyl sites for hydroxylation is 1. The maximum atomic E-state index is 12.7. The average Bonchev–Trinajstić information content (AvgIpc) is 3.37. The number of hydrogen-bond acceptors (Lipinski definition) is 5. The normalized spacial score (nSPS) is 22.2. The summed E-state index contributed by atoms with van der Waals surface area (Å²) in [6.07, 6.45) is 1.86. The minimum atomic E-state index is -1.24. The highest BCUT2D eigenvalue weighted by Crippen LogP contribution is 2.28. The topological polar surface area (TPSA) is 105 Å². The van der Waals surface area contributed by atoms with Gasteiger partial charge in [0.05, 0.1) is 0 Å². The van der Waals surface area contributed by atoms with Gasteiger partial charge < -0.3 is 15.4 Å². The van der Waals surface area contributed by atoms with Gasteiger partial charge in [-0.25, -0.2) is 4.79 Å². The standard InChI is InChI=1S/C18H21N3O5/c1-11-3-5-12(6-4-11)18(2)16(24)21(17(25)20-18)9-15(23)26-10-14(22)19-13-7-8-13/h3-6,13H,7-10H2,1-2H3,(H,19,22)(H,20,25)/t18-/m1/s1. The highest BCUT2D eigenvalue weighted by molar-refractivity contribution is 6.08. The molecule has 1 aliphatic heterocycles. The number of carbonyl (C=O) groups excluding carboxylic acids is 4. The van der Waals surface area contributed by atoms with Crippen LogP contribution in [-0.2, 0) is 24.7 Å². The zero-order valence-electron chi connectivity index (χ0n) is 14.7. The number of benzene rings is 1. The van der Waals surface area contributed by atoms with Crippen molar-refractivity contribution in [3.8, 4) is 0 Å². The number of imide groups is 1. The van der Waals surface area contributed by atoms with Crippen LogP contribution < -0.4 is 10.6 Å². The molecular formula is C18H21N3O5. The van der Waals surface area contributed by atoms with E-state index in [0.717, 1.165) is 23.3 Å². The fourth-order valence-corrected chi connectivity index (χ4v) is 2.74. The molecule has 1 saturated heterocycles. The van der Waals surface area contributed by atoms with Crippen LogP contribution in [0.5, 0.6) is 0 Å². The van der Waals surface area contributed by atoms with Gasteiger partial charge in [-0.3, -0.25) is 19.3 Å². The lowest BCUT2D eigenvalue weighted by atomic mass is 9.91. The average molecular weight is 359 g/mol. The molecule has 2 fully saturated rings. The zero-order chi connectivity index (χ0) is 18.9. The molecule has 0 radical (unpaired) electrons. The van der Waals surface area contributed by atoms with Crippen molar-refractivity contribution >= 4 is 23.8 Å². The Morgan fingerprint density at radius 3 is 2.54 bits per heavy atom. The van der Waals surface area contributed by atoms with E-state index in [4.69, 9.17) is 4.74 Å². The molecule has 26 heavy (non-hydrogen) atoms. The van der Waals surface area contributed by atoms with Crippen molar-refractivity contribution in [3.05, 3.63) is 35.4 Å². The Labute approximate surface area is 150 Å². The van der Waals surface area contributed by atoms with Crippen LogP contribution in [0.15, 0.2) is 24.3 Å². The van der Waals surface area contributed by atoms with Crippen LogP contribution in [0.25, 0.3) is 0 Å². The fourth-order valence-electron chi connectivity index (χ4n) is 2.74. The van der Waals surface area contributed by atoms with Gasteiger partial charge in [0, 0.05) is 6.04 Å². The van der Waals surface area contributed by atoms with E-state index in [2.05, 4.69) is 10.6 Å². The van der Waals surface area contributed by atoms with Crippen LogP contribution >= 0.6 is 0 Å². The molecular weight excluding hydrogens is 338 g/mol. The molecule has 0 aromatic heterocycles. The van der Waals surface area contributed by atoms with Crippen LogP contribution in [0.2, 0.25) is 0 Å².